The monoisotopic (exact) mass is 430 g/mol. The molecular weight excluding hydrogens is 404 g/mol. The number of nitrogens with zero attached hydrogens (tertiary/aromatic N) is 3. The number of aliphatic imine (C=N–C) groups is 1. The molecule has 3 rings (SSSR count). The lowest BCUT2D eigenvalue weighted by atomic mass is 10.2. The molecule has 3 aromatic rings. The SMILES string of the molecule is CCNC(=NCC(CC)Oc1ccccc1Cl)NCCc1nc(-c2ccco2)n[nH]1. The summed E-state index contributed by atoms with van der Waals surface area (Å²) in [6.07, 6.45) is 3.03. The number of benzene rings is 1. The summed E-state index contributed by atoms with van der Waals surface area (Å²) in [5, 5.41) is 14.3. The molecule has 0 aliphatic rings. The molecule has 3 N–H and O–H groups in total. The van der Waals surface area contributed by atoms with Gasteiger partial charge in [-0.3, -0.25) is 5.10 Å². The van der Waals surface area contributed by atoms with Crippen LogP contribution in [0.5, 0.6) is 5.75 Å². The van der Waals surface area contributed by atoms with Crippen LogP contribution < -0.4 is 15.4 Å². The average molecular weight is 431 g/mol. The summed E-state index contributed by atoms with van der Waals surface area (Å²) >= 11 is 6.19. The first-order valence-electron chi connectivity index (χ1n) is 10.1. The molecule has 1 aromatic carbocycles. The van der Waals surface area contributed by atoms with Crippen molar-refractivity contribution in [3.05, 3.63) is 53.5 Å². The normalized spacial score (nSPS) is 12.6. The van der Waals surface area contributed by atoms with Crippen LogP contribution in [-0.2, 0) is 6.42 Å². The number of nitrogens with one attached hydrogen (secondary N) is 3. The van der Waals surface area contributed by atoms with Gasteiger partial charge in [-0.1, -0.05) is 30.7 Å². The minimum atomic E-state index is -0.0644. The highest BCUT2D eigenvalue weighted by Crippen LogP contribution is 2.24. The van der Waals surface area contributed by atoms with E-state index in [1.807, 2.05) is 43.3 Å². The number of rotatable bonds is 10. The van der Waals surface area contributed by atoms with Gasteiger partial charge in [0.25, 0.3) is 0 Å². The van der Waals surface area contributed by atoms with Gasteiger partial charge in [0.15, 0.2) is 11.7 Å². The van der Waals surface area contributed by atoms with Gasteiger partial charge in [-0.15, -0.1) is 0 Å². The third-order valence-corrected chi connectivity index (χ3v) is 4.62. The van der Waals surface area contributed by atoms with E-state index in [-0.39, 0.29) is 6.10 Å². The first-order chi connectivity index (χ1) is 14.7. The van der Waals surface area contributed by atoms with Crippen LogP contribution in [0.25, 0.3) is 11.6 Å². The third kappa shape index (κ3) is 6.25. The lowest BCUT2D eigenvalue weighted by Crippen LogP contribution is -2.39. The maximum atomic E-state index is 6.19. The van der Waals surface area contributed by atoms with E-state index in [4.69, 9.17) is 20.8 Å². The summed E-state index contributed by atoms with van der Waals surface area (Å²) in [6, 6.07) is 11.1. The van der Waals surface area contributed by atoms with Gasteiger partial charge < -0.3 is 19.8 Å². The number of para-hydroxylation sites is 1. The van der Waals surface area contributed by atoms with Crippen molar-refractivity contribution in [3.8, 4) is 17.3 Å². The van der Waals surface area contributed by atoms with E-state index in [0.717, 1.165) is 24.7 Å². The predicted octanol–water partition coefficient (Wildman–Crippen LogP) is 3.67. The first-order valence-corrected chi connectivity index (χ1v) is 10.5. The maximum absolute atomic E-state index is 6.19. The van der Waals surface area contributed by atoms with Crippen molar-refractivity contribution in [3.63, 3.8) is 0 Å². The van der Waals surface area contributed by atoms with Gasteiger partial charge in [0.05, 0.1) is 17.8 Å². The van der Waals surface area contributed by atoms with Crippen molar-refractivity contribution in [1.82, 2.24) is 25.8 Å². The fourth-order valence-corrected chi connectivity index (χ4v) is 2.91. The molecule has 1 atom stereocenters. The summed E-state index contributed by atoms with van der Waals surface area (Å²) in [6.45, 7) is 6.03. The number of furan rings is 1. The number of guanidine groups is 1. The Morgan fingerprint density at radius 3 is 2.83 bits per heavy atom. The second-order valence-electron chi connectivity index (χ2n) is 6.56. The van der Waals surface area contributed by atoms with Gasteiger partial charge in [-0.05, 0) is 37.6 Å². The summed E-state index contributed by atoms with van der Waals surface area (Å²) in [5.74, 6) is 3.38. The first kappa shape index (κ1) is 21.7. The zero-order valence-electron chi connectivity index (χ0n) is 17.2. The minimum absolute atomic E-state index is 0.0644. The Morgan fingerprint density at radius 2 is 2.10 bits per heavy atom. The number of ether oxygens (including phenoxy) is 1. The molecule has 0 amide bonds. The van der Waals surface area contributed by atoms with Crippen LogP contribution in [0.4, 0.5) is 0 Å². The highest BCUT2D eigenvalue weighted by atomic mass is 35.5. The van der Waals surface area contributed by atoms with Crippen LogP contribution in [0.15, 0.2) is 52.1 Å². The average Bonchev–Trinajstić information content (AvgIpc) is 3.44. The quantitative estimate of drug-likeness (QED) is 0.335. The van der Waals surface area contributed by atoms with Gasteiger partial charge in [0, 0.05) is 19.5 Å². The molecule has 0 saturated carbocycles. The van der Waals surface area contributed by atoms with Crippen molar-refractivity contribution in [2.75, 3.05) is 19.6 Å². The molecule has 160 valence electrons. The molecule has 30 heavy (non-hydrogen) atoms. The fourth-order valence-electron chi connectivity index (χ4n) is 2.73. The van der Waals surface area contributed by atoms with E-state index in [2.05, 4.69) is 37.7 Å². The molecule has 0 bridgehead atoms. The standard InChI is InChI=1S/C21H27ClN6O2/c1-3-15(30-17-9-6-5-8-16(17)22)14-25-21(23-4-2)24-12-11-19-26-20(28-27-19)18-10-7-13-29-18/h5-10,13,15H,3-4,11-12,14H2,1-2H3,(H2,23,24,25)(H,26,27,28). The lowest BCUT2D eigenvalue weighted by molar-refractivity contribution is 0.206. The van der Waals surface area contributed by atoms with Crippen molar-refractivity contribution in [2.45, 2.75) is 32.8 Å². The van der Waals surface area contributed by atoms with Gasteiger partial charge in [-0.2, -0.15) is 5.10 Å². The summed E-state index contributed by atoms with van der Waals surface area (Å²) in [5.41, 5.74) is 0. The Kier molecular flexibility index (Phi) is 8.14. The fraction of sp³-hybridized carbons (Fsp3) is 0.381. The van der Waals surface area contributed by atoms with Crippen LogP contribution >= 0.6 is 11.6 Å². The molecule has 8 nitrogen and oxygen atoms in total. The molecule has 0 spiro atoms. The van der Waals surface area contributed by atoms with Crippen LogP contribution in [0.1, 0.15) is 26.1 Å². The van der Waals surface area contributed by atoms with Crippen LogP contribution in [0, 0.1) is 0 Å². The van der Waals surface area contributed by atoms with E-state index in [0.29, 0.717) is 41.9 Å². The van der Waals surface area contributed by atoms with Crippen molar-refractivity contribution >= 4 is 17.6 Å². The van der Waals surface area contributed by atoms with Crippen LogP contribution in [0.3, 0.4) is 0 Å². The Morgan fingerprint density at radius 1 is 1.23 bits per heavy atom. The summed E-state index contributed by atoms with van der Waals surface area (Å²) in [4.78, 5) is 9.10. The smallest absolute Gasteiger partial charge is 0.216 e. The van der Waals surface area contributed by atoms with Crippen LogP contribution in [-0.4, -0.2) is 46.9 Å². The number of hydrogen-bond donors (Lipinski definition) is 3. The van der Waals surface area contributed by atoms with Gasteiger partial charge in [0.1, 0.15) is 17.7 Å². The van der Waals surface area contributed by atoms with E-state index >= 15 is 0 Å². The molecular formula is C21H27ClN6O2. The molecule has 0 saturated heterocycles. The molecule has 0 aliphatic carbocycles. The van der Waals surface area contributed by atoms with E-state index in [1.54, 1.807) is 6.26 Å². The van der Waals surface area contributed by atoms with Gasteiger partial charge in [-0.25, -0.2) is 9.98 Å². The molecule has 1 unspecified atom stereocenters. The van der Waals surface area contributed by atoms with Crippen LogP contribution in [0.2, 0.25) is 5.02 Å². The Labute approximate surface area is 181 Å². The Balaban J connectivity index is 1.51. The van der Waals surface area contributed by atoms with E-state index in [9.17, 15) is 0 Å². The number of hydrogen-bond acceptors (Lipinski definition) is 5. The van der Waals surface area contributed by atoms with E-state index < -0.39 is 0 Å². The van der Waals surface area contributed by atoms with Crippen molar-refractivity contribution in [1.29, 1.82) is 0 Å². The zero-order valence-corrected chi connectivity index (χ0v) is 17.9. The largest absolute Gasteiger partial charge is 0.487 e. The van der Waals surface area contributed by atoms with E-state index in [1.165, 1.54) is 0 Å². The highest BCUT2D eigenvalue weighted by molar-refractivity contribution is 6.32. The number of aromatic nitrogens is 3. The van der Waals surface area contributed by atoms with Crippen molar-refractivity contribution in [2.24, 2.45) is 4.99 Å². The number of halogens is 1. The molecule has 0 aliphatic heterocycles. The minimum Gasteiger partial charge on any atom is -0.487 e. The molecule has 2 heterocycles. The highest BCUT2D eigenvalue weighted by Gasteiger charge is 2.11. The lowest BCUT2D eigenvalue weighted by Gasteiger charge is -2.18. The number of aromatic amines is 1. The summed E-state index contributed by atoms with van der Waals surface area (Å²) in [7, 11) is 0. The third-order valence-electron chi connectivity index (χ3n) is 4.31. The second-order valence-corrected chi connectivity index (χ2v) is 6.97. The Bertz CT molecular complexity index is 925. The predicted molar refractivity (Wildman–Crippen MR) is 118 cm³/mol. The molecule has 2 aromatic heterocycles. The Hall–Kier alpha value is -3.00. The second kappa shape index (κ2) is 11.3. The van der Waals surface area contributed by atoms with Gasteiger partial charge >= 0.3 is 0 Å². The number of H-pyrrole nitrogens is 1. The topological polar surface area (TPSA) is 100 Å². The molecule has 0 radical (unpaired) electrons. The maximum Gasteiger partial charge on any atom is 0.216 e. The zero-order chi connectivity index (χ0) is 21.2. The molecule has 9 heteroatoms. The van der Waals surface area contributed by atoms with Gasteiger partial charge in [0.2, 0.25) is 5.82 Å². The van der Waals surface area contributed by atoms with Crippen molar-refractivity contribution < 1.29 is 9.15 Å². The molecule has 0 fully saturated rings. The summed E-state index contributed by atoms with van der Waals surface area (Å²) < 4.78 is 11.3.